The van der Waals surface area contributed by atoms with E-state index < -0.39 is 0 Å². The van der Waals surface area contributed by atoms with E-state index in [1.165, 1.54) is 0 Å². The number of carbonyl (C=O) groups excluding carboxylic acids is 1. The van der Waals surface area contributed by atoms with Crippen LogP contribution in [-0.4, -0.2) is 38.6 Å². The maximum atomic E-state index is 11.3. The second-order valence-corrected chi connectivity index (χ2v) is 3.70. The van der Waals surface area contributed by atoms with Gasteiger partial charge in [-0.05, 0) is 12.1 Å². The van der Waals surface area contributed by atoms with Gasteiger partial charge in [-0.2, -0.15) is 0 Å². The highest BCUT2D eigenvalue weighted by molar-refractivity contribution is 5.76. The van der Waals surface area contributed by atoms with Crippen molar-refractivity contribution in [2.45, 2.75) is 6.42 Å². The van der Waals surface area contributed by atoms with Gasteiger partial charge in [0.1, 0.15) is 5.75 Å². The molecule has 0 atom stereocenters. The van der Waals surface area contributed by atoms with Crippen LogP contribution in [0.3, 0.4) is 0 Å². The lowest BCUT2D eigenvalue weighted by Crippen LogP contribution is -2.23. The first-order valence-electron chi connectivity index (χ1n) is 5.21. The molecule has 0 saturated heterocycles. The van der Waals surface area contributed by atoms with Crippen molar-refractivity contribution in [3.63, 3.8) is 0 Å². The lowest BCUT2D eigenvalue weighted by Gasteiger charge is -2.11. The lowest BCUT2D eigenvalue weighted by molar-refractivity contribution is -0.128. The van der Waals surface area contributed by atoms with Crippen molar-refractivity contribution in [3.05, 3.63) is 24.3 Å². The molecule has 0 aliphatic rings. The van der Waals surface area contributed by atoms with E-state index in [0.29, 0.717) is 13.0 Å². The third kappa shape index (κ3) is 3.81. The van der Waals surface area contributed by atoms with Gasteiger partial charge < -0.3 is 15.0 Å². The molecule has 0 unspecified atom stereocenters. The van der Waals surface area contributed by atoms with E-state index in [1.807, 2.05) is 24.3 Å². The number of ether oxygens (including phenoxy) is 1. The second-order valence-electron chi connectivity index (χ2n) is 3.70. The van der Waals surface area contributed by atoms with Gasteiger partial charge in [0.2, 0.25) is 5.91 Å². The normalized spacial score (nSPS) is 9.69. The number of rotatable bonds is 5. The van der Waals surface area contributed by atoms with Gasteiger partial charge in [0, 0.05) is 38.8 Å². The fourth-order valence-electron chi connectivity index (χ4n) is 1.27. The Morgan fingerprint density at radius 2 is 2.19 bits per heavy atom. The van der Waals surface area contributed by atoms with Gasteiger partial charge in [0.25, 0.3) is 0 Å². The summed E-state index contributed by atoms with van der Waals surface area (Å²) in [6, 6.07) is 7.65. The largest absolute Gasteiger partial charge is 0.497 e. The van der Waals surface area contributed by atoms with Gasteiger partial charge in [0.05, 0.1) is 7.11 Å². The molecular formula is C12H18N2O2. The van der Waals surface area contributed by atoms with Gasteiger partial charge in [-0.25, -0.2) is 0 Å². The summed E-state index contributed by atoms with van der Waals surface area (Å²) >= 11 is 0. The molecule has 0 aliphatic carbocycles. The van der Waals surface area contributed by atoms with E-state index in [0.717, 1.165) is 11.4 Å². The van der Waals surface area contributed by atoms with Crippen LogP contribution in [0.4, 0.5) is 5.69 Å². The molecule has 88 valence electrons. The SMILES string of the molecule is COc1cccc(NCCC(=O)N(C)C)c1. The highest BCUT2D eigenvalue weighted by atomic mass is 16.5. The van der Waals surface area contributed by atoms with Crippen LogP contribution in [0.25, 0.3) is 0 Å². The maximum absolute atomic E-state index is 11.3. The van der Waals surface area contributed by atoms with Crippen molar-refractivity contribution in [3.8, 4) is 5.75 Å². The average Bonchev–Trinajstić information content (AvgIpc) is 2.29. The van der Waals surface area contributed by atoms with Crippen LogP contribution < -0.4 is 10.1 Å². The quantitative estimate of drug-likeness (QED) is 0.822. The smallest absolute Gasteiger partial charge is 0.223 e. The Bertz CT molecular complexity index is 351. The molecule has 0 aromatic heterocycles. The molecule has 4 heteroatoms. The van der Waals surface area contributed by atoms with E-state index in [9.17, 15) is 4.79 Å². The molecular weight excluding hydrogens is 204 g/mol. The van der Waals surface area contributed by atoms with Gasteiger partial charge in [0.15, 0.2) is 0 Å². The summed E-state index contributed by atoms with van der Waals surface area (Å²) in [6.45, 7) is 0.629. The Hall–Kier alpha value is -1.71. The van der Waals surface area contributed by atoms with Gasteiger partial charge in [-0.3, -0.25) is 4.79 Å². The van der Waals surface area contributed by atoms with Crippen LogP contribution in [0.1, 0.15) is 6.42 Å². The van der Waals surface area contributed by atoms with E-state index in [2.05, 4.69) is 5.32 Å². The molecule has 0 heterocycles. The minimum absolute atomic E-state index is 0.121. The van der Waals surface area contributed by atoms with Crippen LogP contribution in [-0.2, 0) is 4.79 Å². The fraction of sp³-hybridized carbons (Fsp3) is 0.417. The predicted molar refractivity (Wildman–Crippen MR) is 64.8 cm³/mol. The number of nitrogens with one attached hydrogen (secondary N) is 1. The molecule has 1 aromatic carbocycles. The third-order valence-electron chi connectivity index (χ3n) is 2.24. The van der Waals surface area contributed by atoms with Crippen molar-refractivity contribution >= 4 is 11.6 Å². The number of anilines is 1. The third-order valence-corrected chi connectivity index (χ3v) is 2.24. The standard InChI is InChI=1S/C12H18N2O2/c1-14(2)12(15)7-8-13-10-5-4-6-11(9-10)16-3/h4-6,9,13H,7-8H2,1-3H3. The van der Waals surface area contributed by atoms with Gasteiger partial charge in [-0.15, -0.1) is 0 Å². The monoisotopic (exact) mass is 222 g/mol. The Kier molecular flexibility index (Phi) is 4.64. The Balaban J connectivity index is 2.40. The second kappa shape index (κ2) is 6.00. The van der Waals surface area contributed by atoms with E-state index in [-0.39, 0.29) is 5.91 Å². The summed E-state index contributed by atoms with van der Waals surface area (Å²) in [5, 5.41) is 3.18. The van der Waals surface area contributed by atoms with E-state index in [4.69, 9.17) is 4.74 Å². The molecule has 0 spiro atoms. The Labute approximate surface area is 96.2 Å². The summed E-state index contributed by atoms with van der Waals surface area (Å²) in [4.78, 5) is 12.9. The topological polar surface area (TPSA) is 41.6 Å². The number of methoxy groups -OCH3 is 1. The highest BCUT2D eigenvalue weighted by Crippen LogP contribution is 2.16. The van der Waals surface area contributed by atoms with Crippen molar-refractivity contribution in [1.82, 2.24) is 4.90 Å². The summed E-state index contributed by atoms with van der Waals surface area (Å²) < 4.78 is 5.11. The number of hydrogen-bond donors (Lipinski definition) is 1. The Morgan fingerprint density at radius 3 is 2.81 bits per heavy atom. The molecule has 0 radical (unpaired) electrons. The van der Waals surface area contributed by atoms with Crippen molar-refractivity contribution in [2.24, 2.45) is 0 Å². The summed E-state index contributed by atoms with van der Waals surface area (Å²) in [5.41, 5.74) is 0.964. The van der Waals surface area contributed by atoms with Crippen LogP contribution in [0.15, 0.2) is 24.3 Å². The highest BCUT2D eigenvalue weighted by Gasteiger charge is 2.02. The van der Waals surface area contributed by atoms with Crippen LogP contribution >= 0.6 is 0 Å². The average molecular weight is 222 g/mol. The molecule has 0 fully saturated rings. The zero-order chi connectivity index (χ0) is 12.0. The van der Waals surface area contributed by atoms with Crippen LogP contribution in [0.5, 0.6) is 5.75 Å². The van der Waals surface area contributed by atoms with Crippen molar-refractivity contribution in [1.29, 1.82) is 0 Å². The number of carbonyl (C=O) groups is 1. The van der Waals surface area contributed by atoms with E-state index >= 15 is 0 Å². The van der Waals surface area contributed by atoms with Crippen molar-refractivity contribution in [2.75, 3.05) is 33.1 Å². The van der Waals surface area contributed by atoms with Crippen molar-refractivity contribution < 1.29 is 9.53 Å². The number of benzene rings is 1. The predicted octanol–water partition coefficient (Wildman–Crippen LogP) is 1.59. The molecule has 1 aromatic rings. The van der Waals surface area contributed by atoms with E-state index in [1.54, 1.807) is 26.1 Å². The van der Waals surface area contributed by atoms with Crippen LogP contribution in [0.2, 0.25) is 0 Å². The molecule has 1 rings (SSSR count). The summed E-state index contributed by atoms with van der Waals surface area (Å²) in [7, 11) is 5.15. The first kappa shape index (κ1) is 12.4. The molecule has 4 nitrogen and oxygen atoms in total. The van der Waals surface area contributed by atoms with Gasteiger partial charge >= 0.3 is 0 Å². The maximum Gasteiger partial charge on any atom is 0.223 e. The molecule has 1 N–H and O–H groups in total. The molecule has 16 heavy (non-hydrogen) atoms. The minimum atomic E-state index is 0.121. The Morgan fingerprint density at radius 1 is 1.44 bits per heavy atom. The fourth-order valence-corrected chi connectivity index (χ4v) is 1.27. The molecule has 0 aliphatic heterocycles. The number of hydrogen-bond acceptors (Lipinski definition) is 3. The number of amides is 1. The van der Waals surface area contributed by atoms with Gasteiger partial charge in [-0.1, -0.05) is 6.07 Å². The zero-order valence-corrected chi connectivity index (χ0v) is 9.99. The van der Waals surface area contributed by atoms with Crippen LogP contribution in [0, 0.1) is 0 Å². The first-order chi connectivity index (χ1) is 7.63. The zero-order valence-electron chi connectivity index (χ0n) is 9.99. The lowest BCUT2D eigenvalue weighted by atomic mass is 10.3. The molecule has 1 amide bonds. The summed E-state index contributed by atoms with van der Waals surface area (Å²) in [6.07, 6.45) is 0.490. The summed E-state index contributed by atoms with van der Waals surface area (Å²) in [5.74, 6) is 0.930. The molecule has 0 saturated carbocycles. The minimum Gasteiger partial charge on any atom is -0.497 e. The molecule has 0 bridgehead atoms. The first-order valence-corrected chi connectivity index (χ1v) is 5.21. The number of nitrogens with zero attached hydrogens (tertiary/aromatic N) is 1.